The standard InChI is InChI=1S/C17H29N3O2/c1-12(19-17(22)13-4-2-3-5-13)10-16(21)20-14-6-7-15(20)11-18-9-8-14/h12-15,18H,2-11H2,1H3,(H,19,22). The predicted molar refractivity (Wildman–Crippen MR) is 85.3 cm³/mol. The summed E-state index contributed by atoms with van der Waals surface area (Å²) in [7, 11) is 0. The van der Waals surface area contributed by atoms with Crippen LogP contribution in [0.1, 0.15) is 58.3 Å². The lowest BCUT2D eigenvalue weighted by atomic mass is 10.1. The molecular formula is C17H29N3O2. The molecule has 1 saturated carbocycles. The largest absolute Gasteiger partial charge is 0.353 e. The van der Waals surface area contributed by atoms with E-state index in [9.17, 15) is 9.59 Å². The molecule has 0 aromatic carbocycles. The highest BCUT2D eigenvalue weighted by Gasteiger charge is 2.38. The molecule has 3 rings (SSSR count). The van der Waals surface area contributed by atoms with Gasteiger partial charge in [-0.25, -0.2) is 0 Å². The first-order chi connectivity index (χ1) is 10.6. The molecule has 2 N–H and O–H groups in total. The number of fused-ring (bicyclic) bond motifs is 2. The van der Waals surface area contributed by atoms with E-state index in [4.69, 9.17) is 0 Å². The van der Waals surface area contributed by atoms with Gasteiger partial charge in [0.2, 0.25) is 11.8 Å². The van der Waals surface area contributed by atoms with Crippen LogP contribution in [0.25, 0.3) is 0 Å². The van der Waals surface area contributed by atoms with Crippen molar-refractivity contribution in [2.45, 2.75) is 76.4 Å². The molecule has 2 saturated heterocycles. The van der Waals surface area contributed by atoms with Crippen molar-refractivity contribution in [3.8, 4) is 0 Å². The van der Waals surface area contributed by atoms with Gasteiger partial charge in [-0.1, -0.05) is 12.8 Å². The van der Waals surface area contributed by atoms with E-state index in [1.165, 1.54) is 0 Å². The molecule has 2 bridgehead atoms. The van der Waals surface area contributed by atoms with Gasteiger partial charge in [0, 0.05) is 37.0 Å². The number of amides is 2. The summed E-state index contributed by atoms with van der Waals surface area (Å²) in [5.41, 5.74) is 0. The van der Waals surface area contributed by atoms with Crippen LogP contribution in [0.5, 0.6) is 0 Å². The monoisotopic (exact) mass is 307 g/mol. The summed E-state index contributed by atoms with van der Waals surface area (Å²) < 4.78 is 0. The maximum absolute atomic E-state index is 12.7. The number of hydrogen-bond acceptors (Lipinski definition) is 3. The summed E-state index contributed by atoms with van der Waals surface area (Å²) in [5, 5.41) is 6.48. The maximum atomic E-state index is 12.7. The van der Waals surface area contributed by atoms with Crippen molar-refractivity contribution >= 4 is 11.8 Å². The molecule has 0 radical (unpaired) electrons. The van der Waals surface area contributed by atoms with Crippen LogP contribution in [0.4, 0.5) is 0 Å². The van der Waals surface area contributed by atoms with Gasteiger partial charge < -0.3 is 15.5 Å². The first-order valence-corrected chi connectivity index (χ1v) is 8.97. The summed E-state index contributed by atoms with van der Waals surface area (Å²) in [6.45, 7) is 3.90. The van der Waals surface area contributed by atoms with Crippen molar-refractivity contribution in [3.05, 3.63) is 0 Å². The Morgan fingerprint density at radius 3 is 2.64 bits per heavy atom. The van der Waals surface area contributed by atoms with Gasteiger partial charge in [0.15, 0.2) is 0 Å². The fraction of sp³-hybridized carbons (Fsp3) is 0.882. The molecule has 5 nitrogen and oxygen atoms in total. The minimum atomic E-state index is -0.0591. The molecule has 3 fully saturated rings. The molecule has 5 heteroatoms. The average Bonchev–Trinajstić information content (AvgIpc) is 3.05. The lowest BCUT2D eigenvalue weighted by Crippen LogP contribution is -2.46. The number of hydrogen-bond donors (Lipinski definition) is 2. The molecule has 2 amide bonds. The van der Waals surface area contributed by atoms with E-state index in [0.717, 1.165) is 58.0 Å². The van der Waals surface area contributed by atoms with E-state index < -0.39 is 0 Å². The van der Waals surface area contributed by atoms with Crippen LogP contribution in [0.3, 0.4) is 0 Å². The SMILES string of the molecule is CC(CC(=O)N1C2CCNCC1CC2)NC(=O)C1CCCC1. The van der Waals surface area contributed by atoms with E-state index in [1.807, 2.05) is 6.92 Å². The van der Waals surface area contributed by atoms with Crippen LogP contribution < -0.4 is 10.6 Å². The van der Waals surface area contributed by atoms with Crippen molar-refractivity contribution in [2.75, 3.05) is 13.1 Å². The second-order valence-corrected chi connectivity index (χ2v) is 7.27. The number of rotatable bonds is 4. The summed E-state index contributed by atoms with van der Waals surface area (Å²) in [5.74, 6) is 0.546. The quantitative estimate of drug-likeness (QED) is 0.826. The number of nitrogens with one attached hydrogen (secondary N) is 2. The topological polar surface area (TPSA) is 61.4 Å². The molecule has 1 aliphatic carbocycles. The van der Waals surface area contributed by atoms with Crippen molar-refractivity contribution in [1.82, 2.24) is 15.5 Å². The molecule has 0 aromatic heterocycles. The van der Waals surface area contributed by atoms with Crippen LogP contribution in [-0.4, -0.2) is 47.9 Å². The molecule has 2 heterocycles. The second kappa shape index (κ2) is 6.99. The summed E-state index contributed by atoms with van der Waals surface area (Å²) in [6.07, 6.45) is 8.09. The summed E-state index contributed by atoms with van der Waals surface area (Å²) >= 11 is 0. The van der Waals surface area contributed by atoms with Crippen molar-refractivity contribution in [1.29, 1.82) is 0 Å². The highest BCUT2D eigenvalue weighted by atomic mass is 16.2. The first kappa shape index (κ1) is 15.8. The zero-order chi connectivity index (χ0) is 15.5. The first-order valence-electron chi connectivity index (χ1n) is 8.97. The van der Waals surface area contributed by atoms with Crippen LogP contribution in [0.2, 0.25) is 0 Å². The summed E-state index contributed by atoms with van der Waals surface area (Å²) in [6, 6.07) is 0.708. The normalized spacial score (nSPS) is 30.1. The van der Waals surface area contributed by atoms with Crippen LogP contribution >= 0.6 is 0 Å². The molecule has 3 atom stereocenters. The fourth-order valence-electron chi connectivity index (χ4n) is 4.36. The lowest BCUT2D eigenvalue weighted by molar-refractivity contribution is -0.134. The molecule has 0 spiro atoms. The van der Waals surface area contributed by atoms with Crippen LogP contribution in [0, 0.1) is 5.92 Å². The summed E-state index contributed by atoms with van der Waals surface area (Å²) in [4.78, 5) is 26.9. The molecule has 0 aromatic rings. The fourth-order valence-corrected chi connectivity index (χ4v) is 4.36. The van der Waals surface area contributed by atoms with E-state index in [-0.39, 0.29) is 23.8 Å². The molecule has 124 valence electrons. The van der Waals surface area contributed by atoms with Gasteiger partial charge in [0.25, 0.3) is 0 Å². The Morgan fingerprint density at radius 1 is 1.14 bits per heavy atom. The van der Waals surface area contributed by atoms with E-state index >= 15 is 0 Å². The Morgan fingerprint density at radius 2 is 1.86 bits per heavy atom. The highest BCUT2D eigenvalue weighted by Crippen LogP contribution is 2.29. The lowest BCUT2D eigenvalue weighted by Gasteiger charge is -2.29. The van der Waals surface area contributed by atoms with Crippen molar-refractivity contribution < 1.29 is 9.59 Å². The Kier molecular flexibility index (Phi) is 5.01. The van der Waals surface area contributed by atoms with Gasteiger partial charge in [-0.3, -0.25) is 9.59 Å². The number of carbonyl (C=O) groups excluding carboxylic acids is 2. The van der Waals surface area contributed by atoms with E-state index in [0.29, 0.717) is 18.5 Å². The highest BCUT2D eigenvalue weighted by molar-refractivity contribution is 5.81. The van der Waals surface area contributed by atoms with Crippen LogP contribution in [0.15, 0.2) is 0 Å². The Balaban J connectivity index is 1.51. The third-order valence-corrected chi connectivity index (χ3v) is 5.54. The van der Waals surface area contributed by atoms with Gasteiger partial charge >= 0.3 is 0 Å². The van der Waals surface area contributed by atoms with Gasteiger partial charge in [-0.15, -0.1) is 0 Å². The van der Waals surface area contributed by atoms with E-state index in [1.54, 1.807) is 0 Å². The molecule has 2 aliphatic heterocycles. The third-order valence-electron chi connectivity index (χ3n) is 5.54. The van der Waals surface area contributed by atoms with Crippen molar-refractivity contribution in [2.24, 2.45) is 5.92 Å². The second-order valence-electron chi connectivity index (χ2n) is 7.27. The number of nitrogens with zero attached hydrogens (tertiary/aromatic N) is 1. The van der Waals surface area contributed by atoms with Gasteiger partial charge in [0.1, 0.15) is 0 Å². The van der Waals surface area contributed by atoms with E-state index in [2.05, 4.69) is 15.5 Å². The van der Waals surface area contributed by atoms with Gasteiger partial charge in [-0.2, -0.15) is 0 Å². The predicted octanol–water partition coefficient (Wildman–Crippen LogP) is 1.42. The average molecular weight is 307 g/mol. The molecular weight excluding hydrogens is 278 g/mol. The number of carbonyl (C=O) groups is 2. The minimum absolute atomic E-state index is 0.0591. The Bertz CT molecular complexity index is 406. The Hall–Kier alpha value is -1.10. The molecule has 3 aliphatic rings. The van der Waals surface area contributed by atoms with Crippen LogP contribution in [-0.2, 0) is 9.59 Å². The Labute approximate surface area is 133 Å². The minimum Gasteiger partial charge on any atom is -0.353 e. The van der Waals surface area contributed by atoms with Gasteiger partial charge in [-0.05, 0) is 45.6 Å². The smallest absolute Gasteiger partial charge is 0.225 e. The zero-order valence-electron chi connectivity index (χ0n) is 13.6. The molecule has 3 unspecified atom stereocenters. The third kappa shape index (κ3) is 3.45. The van der Waals surface area contributed by atoms with Gasteiger partial charge in [0.05, 0.1) is 0 Å². The maximum Gasteiger partial charge on any atom is 0.225 e. The zero-order valence-corrected chi connectivity index (χ0v) is 13.6. The van der Waals surface area contributed by atoms with Crippen molar-refractivity contribution in [3.63, 3.8) is 0 Å². The molecule has 22 heavy (non-hydrogen) atoms.